The molecule has 37 heavy (non-hydrogen) atoms. The SMILES string of the molecule is CCCCCCCCCCCCCCCCCCOC(=O)CCC(C)(OOC(C)(C)C)OOC(C)(C)C. The number of rotatable bonds is 24. The highest BCUT2D eigenvalue weighted by atomic mass is 17.3. The Morgan fingerprint density at radius 2 is 0.865 bits per heavy atom. The fraction of sp³-hybridized carbons (Fsp3) is 0.968. The molecule has 0 aromatic rings. The van der Waals surface area contributed by atoms with Crippen molar-refractivity contribution in [3.8, 4) is 0 Å². The molecule has 0 aliphatic rings. The van der Waals surface area contributed by atoms with Crippen LogP contribution in [0.2, 0.25) is 0 Å². The second-order valence-electron chi connectivity index (χ2n) is 12.7. The van der Waals surface area contributed by atoms with E-state index in [4.69, 9.17) is 24.3 Å². The monoisotopic (exact) mass is 530 g/mol. The first-order valence-electron chi connectivity index (χ1n) is 15.3. The molecule has 6 nitrogen and oxygen atoms in total. The first kappa shape index (κ1) is 36.3. The van der Waals surface area contributed by atoms with Crippen molar-refractivity contribution in [2.75, 3.05) is 6.61 Å². The number of hydrogen-bond acceptors (Lipinski definition) is 6. The van der Waals surface area contributed by atoms with Gasteiger partial charge in [-0.25, -0.2) is 9.78 Å². The van der Waals surface area contributed by atoms with Crippen molar-refractivity contribution in [3.63, 3.8) is 0 Å². The second-order valence-corrected chi connectivity index (χ2v) is 12.7. The van der Waals surface area contributed by atoms with Gasteiger partial charge in [-0.05, 0) is 54.9 Å². The third kappa shape index (κ3) is 26.7. The molecule has 0 saturated carbocycles. The topological polar surface area (TPSA) is 63.2 Å². The average molecular weight is 531 g/mol. The van der Waals surface area contributed by atoms with Crippen molar-refractivity contribution >= 4 is 5.97 Å². The molecule has 0 aliphatic carbocycles. The number of ether oxygens (including phenoxy) is 1. The van der Waals surface area contributed by atoms with Crippen molar-refractivity contribution in [3.05, 3.63) is 0 Å². The fourth-order valence-electron chi connectivity index (χ4n) is 3.76. The van der Waals surface area contributed by atoms with Crippen LogP contribution in [0, 0.1) is 0 Å². The van der Waals surface area contributed by atoms with Crippen LogP contribution in [0.25, 0.3) is 0 Å². The van der Waals surface area contributed by atoms with Crippen LogP contribution < -0.4 is 0 Å². The number of esters is 1. The summed E-state index contributed by atoms with van der Waals surface area (Å²) in [4.78, 5) is 34.1. The molecule has 0 aromatic carbocycles. The molecule has 0 spiro atoms. The van der Waals surface area contributed by atoms with Gasteiger partial charge in [0, 0.05) is 6.42 Å². The molecule has 0 saturated heterocycles. The van der Waals surface area contributed by atoms with Gasteiger partial charge < -0.3 is 4.74 Å². The molecule has 0 unspecified atom stereocenters. The Labute approximate surface area is 229 Å². The molecule has 6 heteroatoms. The zero-order chi connectivity index (χ0) is 28.0. The van der Waals surface area contributed by atoms with Crippen LogP contribution in [0.3, 0.4) is 0 Å². The van der Waals surface area contributed by atoms with Gasteiger partial charge in [0.2, 0.25) is 5.79 Å². The van der Waals surface area contributed by atoms with Gasteiger partial charge in [0.05, 0.1) is 24.2 Å². The van der Waals surface area contributed by atoms with E-state index in [0.29, 0.717) is 6.61 Å². The summed E-state index contributed by atoms with van der Waals surface area (Å²) in [5.41, 5.74) is -1.03. The van der Waals surface area contributed by atoms with Gasteiger partial charge in [-0.15, -0.1) is 0 Å². The van der Waals surface area contributed by atoms with Crippen LogP contribution in [0.1, 0.15) is 171 Å². The summed E-state index contributed by atoms with van der Waals surface area (Å²) in [7, 11) is 0. The van der Waals surface area contributed by atoms with Gasteiger partial charge >= 0.3 is 5.97 Å². The third-order valence-corrected chi connectivity index (χ3v) is 5.98. The average Bonchev–Trinajstić information content (AvgIpc) is 2.81. The van der Waals surface area contributed by atoms with E-state index in [9.17, 15) is 4.79 Å². The summed E-state index contributed by atoms with van der Waals surface area (Å²) in [6.45, 7) is 15.7. The first-order chi connectivity index (χ1) is 17.4. The van der Waals surface area contributed by atoms with Gasteiger partial charge in [0.15, 0.2) is 0 Å². The summed E-state index contributed by atoms with van der Waals surface area (Å²) in [6, 6.07) is 0. The standard InChI is InChI=1S/C31H62O6/c1-9-10-11-12-13-14-15-16-17-18-19-20-21-22-23-24-27-33-28(32)25-26-31(8,36-34-29(2,3)4)37-35-30(5,6)7/h9-27H2,1-8H3. The van der Waals surface area contributed by atoms with E-state index in [1.807, 2.05) is 41.5 Å². The molecular formula is C31H62O6. The van der Waals surface area contributed by atoms with Gasteiger partial charge in [0.1, 0.15) is 0 Å². The molecule has 0 aromatic heterocycles. The minimum atomic E-state index is -1.21. The summed E-state index contributed by atoms with van der Waals surface area (Å²) in [6.07, 6.45) is 21.6. The number of hydrogen-bond donors (Lipinski definition) is 0. The molecule has 0 aliphatic heterocycles. The van der Waals surface area contributed by atoms with Crippen molar-refractivity contribution in [1.29, 1.82) is 0 Å². The van der Waals surface area contributed by atoms with Crippen molar-refractivity contribution in [2.24, 2.45) is 0 Å². The Hall–Kier alpha value is -0.690. The molecule has 0 amide bonds. The zero-order valence-corrected chi connectivity index (χ0v) is 25.9. The minimum absolute atomic E-state index is 0.163. The Bertz CT molecular complexity index is 517. The maximum atomic E-state index is 12.2. The molecule has 0 atom stereocenters. The maximum Gasteiger partial charge on any atom is 0.305 e. The fourth-order valence-corrected chi connectivity index (χ4v) is 3.76. The maximum absolute atomic E-state index is 12.2. The van der Waals surface area contributed by atoms with Gasteiger partial charge in [0.25, 0.3) is 0 Å². The normalized spacial score (nSPS) is 12.8. The van der Waals surface area contributed by atoms with Crippen molar-refractivity contribution < 1.29 is 29.1 Å². The molecule has 222 valence electrons. The highest BCUT2D eigenvalue weighted by molar-refractivity contribution is 5.69. The minimum Gasteiger partial charge on any atom is -0.466 e. The number of carbonyl (C=O) groups is 1. The van der Waals surface area contributed by atoms with E-state index in [0.717, 1.165) is 12.8 Å². The second kappa shape index (κ2) is 21.2. The molecule has 0 N–H and O–H groups in total. The Morgan fingerprint density at radius 1 is 0.514 bits per heavy atom. The Kier molecular flexibility index (Phi) is 20.8. The van der Waals surface area contributed by atoms with E-state index in [1.165, 1.54) is 89.9 Å². The van der Waals surface area contributed by atoms with Gasteiger partial charge in [-0.3, -0.25) is 4.79 Å². The van der Waals surface area contributed by atoms with E-state index in [-0.39, 0.29) is 18.8 Å². The predicted molar refractivity (Wildman–Crippen MR) is 152 cm³/mol. The van der Waals surface area contributed by atoms with Crippen LogP contribution in [-0.4, -0.2) is 29.6 Å². The van der Waals surface area contributed by atoms with Crippen LogP contribution in [0.5, 0.6) is 0 Å². The molecule has 0 radical (unpaired) electrons. The van der Waals surface area contributed by atoms with Crippen LogP contribution in [0.15, 0.2) is 0 Å². The highest BCUT2D eigenvalue weighted by Crippen LogP contribution is 2.26. The largest absolute Gasteiger partial charge is 0.466 e. The highest BCUT2D eigenvalue weighted by Gasteiger charge is 2.34. The number of unbranched alkanes of at least 4 members (excludes halogenated alkanes) is 15. The lowest BCUT2D eigenvalue weighted by atomic mass is 10.0. The summed E-state index contributed by atoms with van der Waals surface area (Å²) >= 11 is 0. The van der Waals surface area contributed by atoms with E-state index >= 15 is 0 Å². The lowest BCUT2D eigenvalue weighted by Crippen LogP contribution is -2.39. The van der Waals surface area contributed by atoms with Crippen molar-refractivity contribution in [1.82, 2.24) is 0 Å². The predicted octanol–water partition coefficient (Wildman–Crippen LogP) is 9.78. The van der Waals surface area contributed by atoms with Crippen LogP contribution in [-0.2, 0) is 29.1 Å². The zero-order valence-electron chi connectivity index (χ0n) is 25.9. The van der Waals surface area contributed by atoms with Gasteiger partial charge in [-0.1, -0.05) is 103 Å². The summed E-state index contributed by atoms with van der Waals surface area (Å²) in [5, 5.41) is 0. The van der Waals surface area contributed by atoms with Crippen LogP contribution in [0.4, 0.5) is 0 Å². The van der Waals surface area contributed by atoms with E-state index in [1.54, 1.807) is 6.92 Å². The molecular weight excluding hydrogens is 468 g/mol. The third-order valence-electron chi connectivity index (χ3n) is 5.98. The first-order valence-corrected chi connectivity index (χ1v) is 15.3. The summed E-state index contributed by atoms with van der Waals surface area (Å²) in [5.74, 6) is -1.47. The quantitative estimate of drug-likeness (QED) is 0.0407. The van der Waals surface area contributed by atoms with E-state index < -0.39 is 17.0 Å². The summed E-state index contributed by atoms with van der Waals surface area (Å²) < 4.78 is 5.42. The van der Waals surface area contributed by atoms with Gasteiger partial charge in [-0.2, -0.15) is 9.78 Å². The van der Waals surface area contributed by atoms with Crippen molar-refractivity contribution in [2.45, 2.75) is 188 Å². The Balaban J connectivity index is 3.78. The number of carbonyl (C=O) groups excluding carboxylic acids is 1. The molecule has 0 fully saturated rings. The molecule has 0 heterocycles. The smallest absolute Gasteiger partial charge is 0.305 e. The van der Waals surface area contributed by atoms with E-state index in [2.05, 4.69) is 6.92 Å². The lowest BCUT2D eigenvalue weighted by molar-refractivity contribution is -0.537. The van der Waals surface area contributed by atoms with Crippen LogP contribution >= 0.6 is 0 Å². The molecule has 0 bridgehead atoms. The molecule has 0 rings (SSSR count). The Morgan fingerprint density at radius 3 is 1.22 bits per heavy atom. The lowest BCUT2D eigenvalue weighted by Gasteiger charge is -2.32.